The molecule has 2 aromatic rings. The second kappa shape index (κ2) is 10.9. The van der Waals surface area contributed by atoms with Gasteiger partial charge in [-0.3, -0.25) is 4.90 Å². The van der Waals surface area contributed by atoms with Crippen LogP contribution in [0.4, 0.5) is 5.82 Å². The Hall–Kier alpha value is -2.37. The highest BCUT2D eigenvalue weighted by Gasteiger charge is 2.36. The van der Waals surface area contributed by atoms with Crippen LogP contribution in [0.3, 0.4) is 0 Å². The zero-order valence-electron chi connectivity index (χ0n) is 21.2. The lowest BCUT2D eigenvalue weighted by molar-refractivity contribution is 0.191. The SMILES string of the molecule is CN1CCC[C@H]1COc1nc(N2CC3CCC(C2)N3)c2c(c1C#N)CN(Cc1ccccc1)CC2.Cl. The lowest BCUT2D eigenvalue weighted by atomic mass is 9.95. The average Bonchev–Trinajstić information content (AvgIpc) is 3.45. The van der Waals surface area contributed by atoms with Crippen molar-refractivity contribution < 1.29 is 4.74 Å². The summed E-state index contributed by atoms with van der Waals surface area (Å²) >= 11 is 0. The van der Waals surface area contributed by atoms with Gasteiger partial charge < -0.3 is 19.9 Å². The molecule has 5 heterocycles. The number of ether oxygens (including phenoxy) is 1. The summed E-state index contributed by atoms with van der Waals surface area (Å²) < 4.78 is 6.37. The van der Waals surface area contributed by atoms with E-state index in [4.69, 9.17) is 9.72 Å². The van der Waals surface area contributed by atoms with Gasteiger partial charge in [0.15, 0.2) is 0 Å². The van der Waals surface area contributed by atoms with Crippen LogP contribution in [0.1, 0.15) is 47.9 Å². The summed E-state index contributed by atoms with van der Waals surface area (Å²) in [5, 5.41) is 14.0. The topological polar surface area (TPSA) is 67.7 Å². The minimum Gasteiger partial charge on any atom is -0.475 e. The number of nitrogens with zero attached hydrogens (tertiary/aromatic N) is 5. The molecule has 0 radical (unpaired) electrons. The number of pyridine rings is 1. The fraction of sp³-hybridized carbons (Fsp3) is 0.571. The van der Waals surface area contributed by atoms with Gasteiger partial charge in [0.2, 0.25) is 5.88 Å². The van der Waals surface area contributed by atoms with Crippen LogP contribution in [-0.2, 0) is 19.5 Å². The Bertz CT molecular complexity index is 1090. The molecule has 3 saturated heterocycles. The molecular weight excluding hydrogens is 472 g/mol. The Morgan fingerprint density at radius 3 is 2.56 bits per heavy atom. The first-order valence-corrected chi connectivity index (χ1v) is 13.2. The lowest BCUT2D eigenvalue weighted by Gasteiger charge is -2.38. The number of hydrogen-bond donors (Lipinski definition) is 1. The quantitative estimate of drug-likeness (QED) is 0.641. The molecule has 0 aliphatic carbocycles. The van der Waals surface area contributed by atoms with E-state index in [9.17, 15) is 5.26 Å². The van der Waals surface area contributed by atoms with Crippen LogP contribution < -0.4 is 15.0 Å². The fourth-order valence-electron chi connectivity index (χ4n) is 6.44. The standard InChI is InChI=1S/C28H36N6O.ClH/c1-32-12-5-8-23(32)19-35-28-25(14-29)26-18-33(15-20-6-3-2-4-7-20)13-11-24(26)27(31-28)34-16-21-9-10-22(17-34)30-21;/h2-4,6-7,21-23,30H,5,8-13,15-19H2,1H3;1H/t21?,22?,23-;/m0./s1. The largest absolute Gasteiger partial charge is 0.475 e. The van der Waals surface area contributed by atoms with Gasteiger partial charge in [-0.1, -0.05) is 30.3 Å². The van der Waals surface area contributed by atoms with Gasteiger partial charge in [0.05, 0.1) is 0 Å². The van der Waals surface area contributed by atoms with Crippen molar-refractivity contribution in [2.45, 2.75) is 63.3 Å². The van der Waals surface area contributed by atoms with Crippen molar-refractivity contribution in [2.24, 2.45) is 0 Å². The summed E-state index contributed by atoms with van der Waals surface area (Å²) in [6, 6.07) is 14.6. The number of benzene rings is 1. The highest BCUT2D eigenvalue weighted by atomic mass is 35.5. The number of aromatic nitrogens is 1. The van der Waals surface area contributed by atoms with Crippen molar-refractivity contribution in [3.8, 4) is 11.9 Å². The van der Waals surface area contributed by atoms with Gasteiger partial charge in [-0.25, -0.2) is 0 Å². The molecule has 2 bridgehead atoms. The van der Waals surface area contributed by atoms with Crippen LogP contribution in [0.2, 0.25) is 0 Å². The summed E-state index contributed by atoms with van der Waals surface area (Å²) in [6.07, 6.45) is 5.74. The van der Waals surface area contributed by atoms with Crippen molar-refractivity contribution in [1.29, 1.82) is 5.26 Å². The van der Waals surface area contributed by atoms with Crippen LogP contribution in [0.5, 0.6) is 5.88 Å². The normalized spacial score (nSPS) is 25.8. The van der Waals surface area contributed by atoms with Gasteiger partial charge in [0, 0.05) is 56.4 Å². The van der Waals surface area contributed by atoms with E-state index in [2.05, 4.69) is 63.5 Å². The Morgan fingerprint density at radius 2 is 1.86 bits per heavy atom. The van der Waals surface area contributed by atoms with Crippen LogP contribution in [0.25, 0.3) is 0 Å². The third kappa shape index (κ3) is 5.05. The molecule has 0 saturated carbocycles. The number of rotatable bonds is 6. The van der Waals surface area contributed by atoms with E-state index in [1.54, 1.807) is 0 Å². The number of anilines is 1. The Labute approximate surface area is 220 Å². The van der Waals surface area contributed by atoms with E-state index in [0.717, 1.165) is 63.5 Å². The molecule has 0 amide bonds. The van der Waals surface area contributed by atoms with E-state index in [1.165, 1.54) is 30.4 Å². The molecule has 36 heavy (non-hydrogen) atoms. The van der Waals surface area contributed by atoms with E-state index >= 15 is 0 Å². The number of likely N-dealkylation sites (N-methyl/N-ethyl adjacent to an activating group) is 1. The summed E-state index contributed by atoms with van der Waals surface area (Å²) in [4.78, 5) is 12.4. The van der Waals surface area contributed by atoms with E-state index in [1.807, 2.05) is 0 Å². The summed E-state index contributed by atoms with van der Waals surface area (Å²) in [5.41, 5.74) is 4.33. The average molecular weight is 509 g/mol. The number of piperazine rings is 1. The van der Waals surface area contributed by atoms with Gasteiger partial charge in [-0.2, -0.15) is 10.2 Å². The third-order valence-corrected chi connectivity index (χ3v) is 8.38. The van der Waals surface area contributed by atoms with Crippen molar-refractivity contribution in [3.63, 3.8) is 0 Å². The maximum Gasteiger partial charge on any atom is 0.234 e. The molecule has 4 aliphatic heterocycles. The minimum absolute atomic E-state index is 0. The van der Waals surface area contributed by atoms with Crippen LogP contribution in [0, 0.1) is 11.3 Å². The first kappa shape index (κ1) is 25.3. The third-order valence-electron chi connectivity index (χ3n) is 8.38. The number of hydrogen-bond acceptors (Lipinski definition) is 7. The minimum atomic E-state index is 0. The van der Waals surface area contributed by atoms with E-state index < -0.39 is 0 Å². The van der Waals surface area contributed by atoms with Crippen molar-refractivity contribution in [3.05, 3.63) is 52.6 Å². The van der Waals surface area contributed by atoms with Gasteiger partial charge in [0.1, 0.15) is 24.1 Å². The molecule has 0 spiro atoms. The number of nitriles is 1. The predicted molar refractivity (Wildman–Crippen MR) is 144 cm³/mol. The van der Waals surface area contributed by atoms with Crippen LogP contribution >= 0.6 is 12.4 Å². The first-order chi connectivity index (χ1) is 17.2. The maximum atomic E-state index is 10.3. The smallest absolute Gasteiger partial charge is 0.234 e. The summed E-state index contributed by atoms with van der Waals surface area (Å²) in [6.45, 7) is 6.32. The van der Waals surface area contributed by atoms with Gasteiger partial charge >= 0.3 is 0 Å². The molecule has 2 unspecified atom stereocenters. The highest BCUT2D eigenvalue weighted by molar-refractivity contribution is 5.85. The van der Waals surface area contributed by atoms with Crippen molar-refractivity contribution in [2.75, 3.05) is 44.7 Å². The zero-order valence-corrected chi connectivity index (χ0v) is 22.0. The van der Waals surface area contributed by atoms with E-state index in [-0.39, 0.29) is 12.4 Å². The Balaban J connectivity index is 0.00000267. The first-order valence-electron chi connectivity index (χ1n) is 13.2. The van der Waals surface area contributed by atoms with Gasteiger partial charge in [-0.05, 0) is 56.8 Å². The van der Waals surface area contributed by atoms with Gasteiger partial charge in [0.25, 0.3) is 0 Å². The number of fused-ring (bicyclic) bond motifs is 3. The summed E-state index contributed by atoms with van der Waals surface area (Å²) in [5.74, 6) is 1.60. The Kier molecular flexibility index (Phi) is 7.68. The van der Waals surface area contributed by atoms with Gasteiger partial charge in [-0.15, -0.1) is 12.4 Å². The monoisotopic (exact) mass is 508 g/mol. The number of nitrogens with one attached hydrogen (secondary N) is 1. The molecular formula is C28H37ClN6O. The van der Waals surface area contributed by atoms with Crippen LogP contribution in [0.15, 0.2) is 30.3 Å². The fourth-order valence-corrected chi connectivity index (χ4v) is 6.44. The van der Waals surface area contributed by atoms with E-state index in [0.29, 0.717) is 36.2 Å². The summed E-state index contributed by atoms with van der Waals surface area (Å²) in [7, 11) is 2.16. The molecule has 4 aliphatic rings. The van der Waals surface area contributed by atoms with Crippen molar-refractivity contribution in [1.82, 2.24) is 20.1 Å². The lowest BCUT2D eigenvalue weighted by Crippen LogP contribution is -2.52. The molecule has 1 aromatic carbocycles. The highest BCUT2D eigenvalue weighted by Crippen LogP contribution is 2.37. The predicted octanol–water partition coefficient (Wildman–Crippen LogP) is 3.35. The molecule has 1 N–H and O–H groups in total. The second-order valence-electron chi connectivity index (χ2n) is 10.8. The molecule has 8 heteroatoms. The number of halogens is 1. The molecule has 7 nitrogen and oxygen atoms in total. The molecule has 192 valence electrons. The molecule has 3 fully saturated rings. The molecule has 6 rings (SSSR count). The maximum absolute atomic E-state index is 10.3. The second-order valence-corrected chi connectivity index (χ2v) is 10.8. The Morgan fingerprint density at radius 1 is 1.08 bits per heavy atom. The molecule has 3 atom stereocenters. The molecule has 1 aromatic heterocycles. The zero-order chi connectivity index (χ0) is 23.8. The van der Waals surface area contributed by atoms with Crippen LogP contribution in [-0.4, -0.2) is 72.7 Å². The van der Waals surface area contributed by atoms with Crippen molar-refractivity contribution >= 4 is 18.2 Å². The number of likely N-dealkylation sites (tertiary alicyclic amines) is 1.